The van der Waals surface area contributed by atoms with Gasteiger partial charge >= 0.3 is 5.69 Å². The van der Waals surface area contributed by atoms with Crippen molar-refractivity contribution in [3.63, 3.8) is 0 Å². The molecule has 0 saturated heterocycles. The SMILES string of the molecule is CCn1c(=O)c2c(nc(-n3nc(C)cc3C)n2C(C)C)n(C)c1=O. The molecular weight excluding hydrogens is 308 g/mol. The highest BCUT2D eigenvalue weighted by Crippen LogP contribution is 2.21. The minimum atomic E-state index is -0.358. The van der Waals surface area contributed by atoms with Crippen LogP contribution in [0, 0.1) is 13.8 Å². The Morgan fingerprint density at radius 1 is 1.21 bits per heavy atom. The first-order valence-electron chi connectivity index (χ1n) is 8.03. The van der Waals surface area contributed by atoms with Crippen LogP contribution in [0.2, 0.25) is 0 Å². The van der Waals surface area contributed by atoms with Gasteiger partial charge in [0.25, 0.3) is 5.56 Å². The number of imidazole rings is 1. The van der Waals surface area contributed by atoms with E-state index in [2.05, 4.69) is 10.1 Å². The third-order valence-electron chi connectivity index (χ3n) is 4.19. The van der Waals surface area contributed by atoms with Crippen molar-refractivity contribution in [1.82, 2.24) is 28.5 Å². The van der Waals surface area contributed by atoms with Gasteiger partial charge < -0.3 is 0 Å². The van der Waals surface area contributed by atoms with Gasteiger partial charge in [0.2, 0.25) is 5.95 Å². The van der Waals surface area contributed by atoms with E-state index in [1.165, 1.54) is 9.13 Å². The van der Waals surface area contributed by atoms with Crippen LogP contribution in [0.15, 0.2) is 15.7 Å². The highest BCUT2D eigenvalue weighted by Gasteiger charge is 2.23. The van der Waals surface area contributed by atoms with E-state index >= 15 is 0 Å². The van der Waals surface area contributed by atoms with Crippen LogP contribution in [0.25, 0.3) is 17.1 Å². The van der Waals surface area contributed by atoms with Crippen LogP contribution in [0.1, 0.15) is 38.2 Å². The fourth-order valence-corrected chi connectivity index (χ4v) is 3.08. The molecule has 0 fully saturated rings. The average molecular weight is 330 g/mol. The Balaban J connectivity index is 2.54. The summed E-state index contributed by atoms with van der Waals surface area (Å²) in [7, 11) is 1.64. The molecule has 128 valence electrons. The minimum absolute atomic E-state index is 0.00980. The van der Waals surface area contributed by atoms with Crippen LogP contribution in [0.3, 0.4) is 0 Å². The maximum absolute atomic E-state index is 12.9. The van der Waals surface area contributed by atoms with Crippen molar-refractivity contribution in [3.8, 4) is 5.95 Å². The zero-order chi connectivity index (χ0) is 17.8. The summed E-state index contributed by atoms with van der Waals surface area (Å²) in [6.45, 7) is 9.92. The predicted octanol–water partition coefficient (Wildman–Crippen LogP) is 1.30. The maximum atomic E-state index is 12.9. The number of rotatable bonds is 3. The first kappa shape index (κ1) is 16.2. The van der Waals surface area contributed by atoms with Gasteiger partial charge in [0.15, 0.2) is 11.2 Å². The normalized spacial score (nSPS) is 11.8. The van der Waals surface area contributed by atoms with Gasteiger partial charge in [-0.25, -0.2) is 9.48 Å². The van der Waals surface area contributed by atoms with Gasteiger partial charge in [0, 0.05) is 25.3 Å². The van der Waals surface area contributed by atoms with Crippen LogP contribution in [0.4, 0.5) is 0 Å². The first-order valence-corrected chi connectivity index (χ1v) is 8.03. The topological polar surface area (TPSA) is 79.6 Å². The number of nitrogens with zero attached hydrogens (tertiary/aromatic N) is 6. The molecule has 0 radical (unpaired) electrons. The van der Waals surface area contributed by atoms with Crippen molar-refractivity contribution in [2.75, 3.05) is 0 Å². The second kappa shape index (κ2) is 5.47. The smallest absolute Gasteiger partial charge is 0.300 e. The highest BCUT2D eigenvalue weighted by atomic mass is 16.2. The highest BCUT2D eigenvalue weighted by molar-refractivity contribution is 5.73. The van der Waals surface area contributed by atoms with Gasteiger partial charge in [-0.15, -0.1) is 0 Å². The van der Waals surface area contributed by atoms with Crippen LogP contribution in [0.5, 0.6) is 0 Å². The standard InChI is InChI=1S/C16H22N6O2/c1-7-20-14(23)12-13(19(6)16(20)24)17-15(21(12)9(2)3)22-11(5)8-10(4)18-22/h8-9H,7H2,1-6H3. The van der Waals surface area contributed by atoms with Gasteiger partial charge in [-0.1, -0.05) is 0 Å². The van der Waals surface area contributed by atoms with Crippen molar-refractivity contribution in [2.45, 2.75) is 47.2 Å². The summed E-state index contributed by atoms with van der Waals surface area (Å²) < 4.78 is 6.22. The van der Waals surface area contributed by atoms with Crippen LogP contribution >= 0.6 is 0 Å². The molecule has 0 N–H and O–H groups in total. The van der Waals surface area contributed by atoms with E-state index in [9.17, 15) is 9.59 Å². The van der Waals surface area contributed by atoms with E-state index in [-0.39, 0.29) is 17.3 Å². The molecule has 3 aromatic rings. The molecule has 0 bridgehead atoms. The second-order valence-electron chi connectivity index (χ2n) is 6.28. The number of aromatic nitrogens is 6. The maximum Gasteiger partial charge on any atom is 0.332 e. The molecule has 0 spiro atoms. The Morgan fingerprint density at radius 2 is 1.88 bits per heavy atom. The van der Waals surface area contributed by atoms with Gasteiger partial charge in [-0.2, -0.15) is 10.1 Å². The summed E-state index contributed by atoms with van der Waals surface area (Å²) in [5.41, 5.74) is 1.93. The Morgan fingerprint density at radius 3 is 2.38 bits per heavy atom. The average Bonchev–Trinajstić information content (AvgIpc) is 3.05. The number of aryl methyl sites for hydroxylation is 3. The van der Waals surface area contributed by atoms with E-state index < -0.39 is 0 Å². The van der Waals surface area contributed by atoms with Gasteiger partial charge in [0.05, 0.1) is 5.69 Å². The molecule has 0 aliphatic carbocycles. The lowest BCUT2D eigenvalue weighted by Gasteiger charge is -2.13. The summed E-state index contributed by atoms with van der Waals surface area (Å²) in [6.07, 6.45) is 0. The summed E-state index contributed by atoms with van der Waals surface area (Å²) in [5, 5.41) is 4.48. The molecule has 24 heavy (non-hydrogen) atoms. The summed E-state index contributed by atoms with van der Waals surface area (Å²) in [5.74, 6) is 0.548. The molecule has 0 aromatic carbocycles. The van der Waals surface area contributed by atoms with Crippen molar-refractivity contribution in [1.29, 1.82) is 0 Å². The number of hydrogen-bond donors (Lipinski definition) is 0. The quantitative estimate of drug-likeness (QED) is 0.725. The predicted molar refractivity (Wildman–Crippen MR) is 91.9 cm³/mol. The van der Waals surface area contributed by atoms with Gasteiger partial charge in [-0.05, 0) is 40.7 Å². The largest absolute Gasteiger partial charge is 0.332 e. The molecule has 3 heterocycles. The summed E-state index contributed by atoms with van der Waals surface area (Å²) >= 11 is 0. The molecule has 3 aromatic heterocycles. The molecule has 8 heteroatoms. The third kappa shape index (κ3) is 2.13. The number of hydrogen-bond acceptors (Lipinski definition) is 4. The van der Waals surface area contributed by atoms with E-state index in [0.29, 0.717) is 23.7 Å². The molecule has 0 amide bonds. The molecule has 0 unspecified atom stereocenters. The van der Waals surface area contributed by atoms with Crippen molar-refractivity contribution in [3.05, 3.63) is 38.3 Å². The lowest BCUT2D eigenvalue weighted by atomic mass is 10.3. The van der Waals surface area contributed by atoms with E-state index in [0.717, 1.165) is 11.4 Å². The molecule has 0 atom stereocenters. The summed E-state index contributed by atoms with van der Waals surface area (Å²) in [6, 6.07) is 1.94. The second-order valence-corrected chi connectivity index (χ2v) is 6.28. The Labute approximate surface area is 139 Å². The first-order chi connectivity index (χ1) is 11.3. The molecule has 0 saturated carbocycles. The molecule has 3 rings (SSSR count). The zero-order valence-electron chi connectivity index (χ0n) is 14.9. The lowest BCUT2D eigenvalue weighted by molar-refractivity contribution is 0.575. The fraction of sp³-hybridized carbons (Fsp3) is 0.500. The van der Waals surface area contributed by atoms with Crippen molar-refractivity contribution >= 4 is 11.2 Å². The van der Waals surface area contributed by atoms with Crippen LogP contribution in [-0.2, 0) is 13.6 Å². The Bertz CT molecular complexity index is 1050. The number of fused-ring (bicyclic) bond motifs is 1. The van der Waals surface area contributed by atoms with Crippen LogP contribution < -0.4 is 11.2 Å². The molecule has 8 nitrogen and oxygen atoms in total. The molecule has 0 aliphatic heterocycles. The van der Waals surface area contributed by atoms with Crippen molar-refractivity contribution < 1.29 is 0 Å². The Kier molecular flexibility index (Phi) is 3.70. The molecular formula is C16H22N6O2. The monoisotopic (exact) mass is 330 g/mol. The van der Waals surface area contributed by atoms with Gasteiger partial charge in [0.1, 0.15) is 0 Å². The third-order valence-corrected chi connectivity index (χ3v) is 4.19. The van der Waals surface area contributed by atoms with E-state index in [1.54, 1.807) is 18.7 Å². The van der Waals surface area contributed by atoms with Crippen LogP contribution in [-0.4, -0.2) is 28.5 Å². The van der Waals surface area contributed by atoms with E-state index in [1.807, 2.05) is 38.3 Å². The Hall–Kier alpha value is -2.64. The van der Waals surface area contributed by atoms with E-state index in [4.69, 9.17) is 0 Å². The van der Waals surface area contributed by atoms with Crippen molar-refractivity contribution in [2.24, 2.45) is 7.05 Å². The fourth-order valence-electron chi connectivity index (χ4n) is 3.08. The molecule has 0 aliphatic rings. The summed E-state index contributed by atoms with van der Waals surface area (Å²) in [4.78, 5) is 29.8. The minimum Gasteiger partial charge on any atom is -0.300 e. The lowest BCUT2D eigenvalue weighted by Crippen LogP contribution is -2.39. The zero-order valence-corrected chi connectivity index (χ0v) is 14.9. The van der Waals surface area contributed by atoms with Gasteiger partial charge in [-0.3, -0.25) is 18.5 Å².